The van der Waals surface area contributed by atoms with E-state index in [2.05, 4.69) is 0 Å². The van der Waals surface area contributed by atoms with E-state index in [0.717, 1.165) is 18.2 Å². The first kappa shape index (κ1) is 18.0. The molecule has 26 heavy (non-hydrogen) atoms. The molecule has 0 aromatic heterocycles. The van der Waals surface area contributed by atoms with Crippen molar-refractivity contribution in [1.29, 1.82) is 10.5 Å². The first-order valence-electron chi connectivity index (χ1n) is 7.18. The third kappa shape index (κ3) is 4.16. The van der Waals surface area contributed by atoms with Crippen molar-refractivity contribution in [3.63, 3.8) is 0 Å². The first-order chi connectivity index (χ1) is 12.5. The van der Waals surface area contributed by atoms with Gasteiger partial charge in [0, 0.05) is 17.7 Å². The quantitative estimate of drug-likeness (QED) is 0.461. The fraction of sp³-hybridized carbons (Fsp3) is 0. The van der Waals surface area contributed by atoms with Crippen LogP contribution in [0.5, 0.6) is 0 Å². The number of rotatable bonds is 4. The summed E-state index contributed by atoms with van der Waals surface area (Å²) in [6.45, 7) is 0. The summed E-state index contributed by atoms with van der Waals surface area (Å²) in [5.74, 6) is 0. The Labute approximate surface area is 147 Å². The molecule has 1 aliphatic carbocycles. The van der Waals surface area contributed by atoms with Gasteiger partial charge in [-0.2, -0.15) is 10.5 Å². The third-order valence-electron chi connectivity index (χ3n) is 3.35. The van der Waals surface area contributed by atoms with E-state index in [1.54, 1.807) is 48.6 Å². The lowest BCUT2D eigenvalue weighted by Crippen LogP contribution is -1.96. The van der Waals surface area contributed by atoms with E-state index in [1.165, 1.54) is 6.08 Å². The highest BCUT2D eigenvalue weighted by Crippen LogP contribution is 2.30. The summed E-state index contributed by atoms with van der Waals surface area (Å²) in [6.07, 6.45) is 11.9. The molecule has 8 nitrogen and oxygen atoms in total. The van der Waals surface area contributed by atoms with Gasteiger partial charge in [0.2, 0.25) is 0 Å². The van der Waals surface area contributed by atoms with Crippen LogP contribution in [0.3, 0.4) is 0 Å². The second-order valence-corrected chi connectivity index (χ2v) is 5.01. The predicted octanol–water partition coefficient (Wildman–Crippen LogP) is 3.91. The van der Waals surface area contributed by atoms with Crippen LogP contribution in [0.2, 0.25) is 0 Å². The average Bonchev–Trinajstić information content (AvgIpc) is 2.90. The Balaban J connectivity index is 2.76. The summed E-state index contributed by atoms with van der Waals surface area (Å²) in [7, 11) is 0. The second kappa shape index (κ2) is 7.99. The van der Waals surface area contributed by atoms with Gasteiger partial charge in [0.15, 0.2) is 0 Å². The molecule has 1 aliphatic rings. The van der Waals surface area contributed by atoms with Gasteiger partial charge in [-0.15, -0.1) is 0 Å². The normalized spacial score (nSPS) is 11.8. The van der Waals surface area contributed by atoms with Gasteiger partial charge in [-0.05, 0) is 17.2 Å². The molecule has 0 amide bonds. The minimum absolute atomic E-state index is 0.0375. The topological polar surface area (TPSA) is 134 Å². The van der Waals surface area contributed by atoms with E-state index in [1.807, 2.05) is 0 Å². The summed E-state index contributed by atoms with van der Waals surface area (Å²) < 4.78 is 0. The third-order valence-corrected chi connectivity index (χ3v) is 3.35. The van der Waals surface area contributed by atoms with Crippen LogP contribution < -0.4 is 0 Å². The summed E-state index contributed by atoms with van der Waals surface area (Å²) >= 11 is 0. The van der Waals surface area contributed by atoms with E-state index in [9.17, 15) is 30.8 Å². The molecule has 0 heterocycles. The first-order valence-corrected chi connectivity index (χ1v) is 7.18. The zero-order chi connectivity index (χ0) is 19.1. The average molecular weight is 346 g/mol. The molecule has 0 spiro atoms. The number of nitrogens with zero attached hydrogens (tertiary/aromatic N) is 4. The molecule has 1 aromatic carbocycles. The molecule has 0 saturated carbocycles. The summed E-state index contributed by atoms with van der Waals surface area (Å²) in [5.41, 5.74) is -0.611. The Morgan fingerprint density at radius 3 is 1.81 bits per heavy atom. The number of hydrogen-bond donors (Lipinski definition) is 0. The van der Waals surface area contributed by atoms with Crippen molar-refractivity contribution in [3.05, 3.63) is 97.7 Å². The molecule has 0 bridgehead atoms. The molecule has 126 valence electrons. The molecule has 0 aliphatic heterocycles. The molecule has 0 N–H and O–H groups in total. The van der Waals surface area contributed by atoms with Crippen molar-refractivity contribution in [2.24, 2.45) is 0 Å². The number of non-ortho nitro benzene ring substituents is 2. The lowest BCUT2D eigenvalue weighted by atomic mass is 9.97. The molecule has 8 heteroatoms. The zero-order valence-electron chi connectivity index (χ0n) is 13.2. The molecule has 0 atom stereocenters. The monoisotopic (exact) mass is 346 g/mol. The predicted molar refractivity (Wildman–Crippen MR) is 93.4 cm³/mol. The van der Waals surface area contributed by atoms with Crippen molar-refractivity contribution >= 4 is 16.9 Å². The molecular weight excluding hydrogens is 336 g/mol. The van der Waals surface area contributed by atoms with Crippen LogP contribution >= 0.6 is 0 Å². The number of nitro benzene ring substituents is 2. The van der Waals surface area contributed by atoms with Crippen molar-refractivity contribution in [1.82, 2.24) is 0 Å². The smallest absolute Gasteiger partial charge is 0.258 e. The number of nitro groups is 2. The van der Waals surface area contributed by atoms with Crippen molar-refractivity contribution in [2.75, 3.05) is 0 Å². The van der Waals surface area contributed by atoms with Gasteiger partial charge in [-0.3, -0.25) is 20.2 Å². The highest BCUT2D eigenvalue weighted by molar-refractivity contribution is 5.85. The van der Waals surface area contributed by atoms with Gasteiger partial charge >= 0.3 is 0 Å². The Bertz CT molecular complexity index is 948. The minimum atomic E-state index is -0.769. The number of nitriles is 2. The van der Waals surface area contributed by atoms with Gasteiger partial charge in [-0.25, -0.2) is 0 Å². The summed E-state index contributed by atoms with van der Waals surface area (Å²) in [5, 5.41) is 40.6. The maximum atomic E-state index is 11.1. The van der Waals surface area contributed by atoms with E-state index in [-0.39, 0.29) is 16.7 Å². The lowest BCUT2D eigenvalue weighted by molar-refractivity contribution is -0.394. The second-order valence-electron chi connectivity index (χ2n) is 5.01. The van der Waals surface area contributed by atoms with Crippen molar-refractivity contribution in [3.8, 4) is 12.1 Å². The molecule has 0 unspecified atom stereocenters. The number of hydrogen-bond acceptors (Lipinski definition) is 6. The van der Waals surface area contributed by atoms with Crippen LogP contribution in [0.25, 0.3) is 5.57 Å². The van der Waals surface area contributed by atoms with Crippen LogP contribution in [0.4, 0.5) is 11.4 Å². The van der Waals surface area contributed by atoms with Crippen molar-refractivity contribution < 1.29 is 9.85 Å². The Morgan fingerprint density at radius 2 is 1.38 bits per heavy atom. The molecule has 0 saturated heterocycles. The van der Waals surface area contributed by atoms with Crippen LogP contribution in [-0.4, -0.2) is 9.85 Å². The Hall–Kier alpha value is -4.30. The van der Waals surface area contributed by atoms with Crippen molar-refractivity contribution in [2.45, 2.75) is 0 Å². The van der Waals surface area contributed by atoms with Crippen LogP contribution in [0.15, 0.2) is 71.9 Å². The Morgan fingerprint density at radius 1 is 0.885 bits per heavy atom. The van der Waals surface area contributed by atoms with Crippen LogP contribution in [-0.2, 0) is 0 Å². The number of benzene rings is 1. The van der Waals surface area contributed by atoms with Gasteiger partial charge in [0.25, 0.3) is 11.4 Å². The number of allylic oxidation sites excluding steroid dienone is 10. The minimum Gasteiger partial charge on any atom is -0.258 e. The molecule has 1 aromatic rings. The molecular formula is C18H10N4O4. The highest BCUT2D eigenvalue weighted by atomic mass is 16.6. The zero-order valence-corrected chi connectivity index (χ0v) is 13.2. The Kier molecular flexibility index (Phi) is 5.55. The fourth-order valence-electron chi connectivity index (χ4n) is 2.19. The van der Waals surface area contributed by atoms with E-state index >= 15 is 0 Å². The van der Waals surface area contributed by atoms with Crippen LogP contribution in [0, 0.1) is 42.9 Å². The van der Waals surface area contributed by atoms with Gasteiger partial charge in [0.05, 0.1) is 15.9 Å². The molecule has 0 radical (unpaired) electrons. The van der Waals surface area contributed by atoms with E-state index < -0.39 is 21.2 Å². The fourth-order valence-corrected chi connectivity index (χ4v) is 2.19. The van der Waals surface area contributed by atoms with Gasteiger partial charge in [0.1, 0.15) is 17.7 Å². The molecule has 2 rings (SSSR count). The maximum absolute atomic E-state index is 11.1. The van der Waals surface area contributed by atoms with Gasteiger partial charge < -0.3 is 0 Å². The summed E-state index contributed by atoms with van der Waals surface area (Å²) in [6, 6.07) is 6.46. The highest BCUT2D eigenvalue weighted by Gasteiger charge is 2.19. The van der Waals surface area contributed by atoms with E-state index in [4.69, 9.17) is 0 Å². The lowest BCUT2D eigenvalue weighted by Gasteiger charge is -2.05. The van der Waals surface area contributed by atoms with E-state index in [0.29, 0.717) is 5.57 Å². The largest absolute Gasteiger partial charge is 0.276 e. The van der Waals surface area contributed by atoms with Crippen LogP contribution in [0.1, 0.15) is 5.56 Å². The maximum Gasteiger partial charge on any atom is 0.276 e. The van der Waals surface area contributed by atoms with Gasteiger partial charge in [-0.1, -0.05) is 36.5 Å². The molecule has 0 fully saturated rings. The summed E-state index contributed by atoms with van der Waals surface area (Å²) in [4.78, 5) is 20.6. The standard InChI is InChI=1S/C18H10N4O4/c19-11-15(12-20)18(7-13-5-3-1-2-4-6-13)14-8-16(21(23)24)10-17(9-14)22(25)26/h1-10H. The SMILES string of the molecule is N#CC(C#N)=C(C=C1C=CC=CC=C1)c1cc([N+](=O)[O-])cc([N+](=O)[O-])c1.